The van der Waals surface area contributed by atoms with Gasteiger partial charge in [0.2, 0.25) is 5.91 Å². The first kappa shape index (κ1) is 38.5. The molecule has 21 heteroatoms. The maximum absolute atomic E-state index is 14.1. The Bertz CT molecular complexity index is 1970. The van der Waals surface area contributed by atoms with E-state index in [0.29, 0.717) is 6.42 Å². The van der Waals surface area contributed by atoms with Crippen LogP contribution in [0.25, 0.3) is 0 Å². The third-order valence-corrected chi connectivity index (χ3v) is 8.24. The molecule has 0 radical (unpaired) electrons. The normalized spacial score (nSPS) is 14.7. The molecule has 3 heterocycles. The second kappa shape index (κ2) is 17.6. The Morgan fingerprint density at radius 2 is 1.41 bits per heavy atom. The van der Waals surface area contributed by atoms with Crippen molar-refractivity contribution in [2.75, 3.05) is 26.4 Å². The highest BCUT2D eigenvalue weighted by atomic mass is 16.8. The molecule has 4 aromatic rings. The van der Waals surface area contributed by atoms with Crippen LogP contribution in [0.15, 0.2) is 63.9 Å². The van der Waals surface area contributed by atoms with Crippen molar-refractivity contribution in [1.29, 1.82) is 0 Å². The van der Waals surface area contributed by atoms with E-state index in [4.69, 9.17) is 30.4 Å². The number of carbonyl (C=O) groups excluding carboxylic acids is 5. The van der Waals surface area contributed by atoms with Crippen LogP contribution in [0.4, 0.5) is 0 Å². The van der Waals surface area contributed by atoms with E-state index in [1.165, 1.54) is 4.90 Å². The molecular formula is C33H36N8O13. The lowest BCUT2D eigenvalue weighted by Crippen LogP contribution is -2.56. The zero-order valence-electron chi connectivity index (χ0n) is 28.8. The van der Waals surface area contributed by atoms with Gasteiger partial charge in [0, 0.05) is 13.0 Å². The molecule has 3 amide bonds. The second-order valence-electron chi connectivity index (χ2n) is 11.8. The van der Waals surface area contributed by atoms with Crippen LogP contribution in [0.3, 0.4) is 0 Å². The molecule has 0 spiro atoms. The number of benzene rings is 2. The number of aryl methyl sites for hydroxylation is 1. The summed E-state index contributed by atoms with van der Waals surface area (Å²) in [5, 5.41) is 32.8. The quantitative estimate of drug-likeness (QED) is 0.0598. The molecule has 0 unspecified atom stereocenters. The molecule has 1 aliphatic rings. The van der Waals surface area contributed by atoms with Gasteiger partial charge in [0.05, 0.1) is 16.4 Å². The van der Waals surface area contributed by atoms with Gasteiger partial charge < -0.3 is 45.7 Å². The fraction of sp³-hybridized carbons (Fsp3) is 0.364. The Hall–Kier alpha value is -6.77. The summed E-state index contributed by atoms with van der Waals surface area (Å²) in [6.07, 6.45) is 0.790. The van der Waals surface area contributed by atoms with Crippen molar-refractivity contribution in [3.63, 3.8) is 0 Å². The predicted molar refractivity (Wildman–Crippen MR) is 177 cm³/mol. The molecule has 0 saturated carbocycles. The van der Waals surface area contributed by atoms with E-state index in [9.17, 15) is 34.4 Å². The zero-order chi connectivity index (χ0) is 38.8. The van der Waals surface area contributed by atoms with Gasteiger partial charge in [-0.2, -0.15) is 0 Å². The molecule has 0 fully saturated rings. The Morgan fingerprint density at radius 1 is 0.852 bits per heavy atom. The van der Waals surface area contributed by atoms with Crippen molar-refractivity contribution in [3.05, 3.63) is 93.1 Å². The summed E-state index contributed by atoms with van der Waals surface area (Å²) in [5.74, 6) is -5.20. The molecule has 0 saturated heterocycles. The second-order valence-corrected chi connectivity index (χ2v) is 11.8. The summed E-state index contributed by atoms with van der Waals surface area (Å²) >= 11 is 0. The van der Waals surface area contributed by atoms with E-state index < -0.39 is 70.9 Å². The standard InChI is InChI=1S/C33H36N8O13/c1-19(36-23(12-11-20-7-3-2-4-8-20)32(45)51-15-13-49-29-25(27(34)42)40(47)53-37-29)31(44)39-18-22-10-6-5-9-21(22)17-24(39)33(46)52-16-14-50-30-26(28(35)43)41(48)54-38-30/h2-10,19,23-24,36H,11-18H2,1H3,(H2,34,42)(H2,35,43)/t19-,23-,24-/m0/s1. The lowest BCUT2D eigenvalue weighted by atomic mass is 9.93. The summed E-state index contributed by atoms with van der Waals surface area (Å²) in [4.78, 5) is 64.8. The van der Waals surface area contributed by atoms with Crippen LogP contribution in [0.1, 0.15) is 51.0 Å². The maximum atomic E-state index is 14.1. The molecule has 5 rings (SSSR count). The van der Waals surface area contributed by atoms with E-state index in [-0.39, 0.29) is 55.6 Å². The van der Waals surface area contributed by atoms with Gasteiger partial charge in [0.1, 0.15) is 38.5 Å². The lowest BCUT2D eigenvalue weighted by molar-refractivity contribution is -0.803. The minimum absolute atomic E-state index is 0.0663. The predicted octanol–water partition coefficient (Wildman–Crippen LogP) is -1.40. The number of hydrogen-bond donors (Lipinski definition) is 3. The van der Waals surface area contributed by atoms with Crippen LogP contribution in [-0.2, 0) is 43.2 Å². The van der Waals surface area contributed by atoms with Crippen molar-refractivity contribution in [3.8, 4) is 11.8 Å². The third kappa shape index (κ3) is 9.36. The first-order chi connectivity index (χ1) is 25.9. The van der Waals surface area contributed by atoms with Gasteiger partial charge in [-0.05, 0) is 46.3 Å². The van der Waals surface area contributed by atoms with Gasteiger partial charge in [-0.1, -0.05) is 54.6 Å². The van der Waals surface area contributed by atoms with Gasteiger partial charge in [-0.25, -0.2) is 4.79 Å². The number of fused-ring (bicyclic) bond motifs is 1. The average Bonchev–Trinajstić information content (AvgIpc) is 3.73. The van der Waals surface area contributed by atoms with Crippen LogP contribution in [0.5, 0.6) is 11.8 Å². The van der Waals surface area contributed by atoms with Crippen molar-refractivity contribution in [1.82, 2.24) is 20.5 Å². The zero-order valence-corrected chi connectivity index (χ0v) is 28.8. The van der Waals surface area contributed by atoms with E-state index in [2.05, 4.69) is 24.9 Å². The smallest absolute Gasteiger partial charge is 0.408 e. The number of nitrogens with zero attached hydrogens (tertiary/aromatic N) is 5. The molecule has 0 aliphatic carbocycles. The summed E-state index contributed by atoms with van der Waals surface area (Å²) in [6, 6.07) is 13.6. The number of primary amides is 2. The van der Waals surface area contributed by atoms with Crippen molar-refractivity contribution in [2.45, 2.75) is 50.9 Å². The molecule has 2 aromatic carbocycles. The fourth-order valence-corrected chi connectivity index (χ4v) is 5.62. The summed E-state index contributed by atoms with van der Waals surface area (Å²) in [7, 11) is 0. The lowest BCUT2D eigenvalue weighted by Gasteiger charge is -2.37. The molecule has 3 atom stereocenters. The molecule has 286 valence electrons. The van der Waals surface area contributed by atoms with Crippen molar-refractivity contribution < 1.29 is 62.0 Å². The topological polar surface area (TPSA) is 296 Å². The highest BCUT2D eigenvalue weighted by Gasteiger charge is 2.38. The third-order valence-electron chi connectivity index (χ3n) is 8.24. The van der Waals surface area contributed by atoms with E-state index in [1.54, 1.807) is 6.92 Å². The first-order valence-corrected chi connectivity index (χ1v) is 16.5. The van der Waals surface area contributed by atoms with Gasteiger partial charge in [0.25, 0.3) is 0 Å². The van der Waals surface area contributed by atoms with E-state index in [0.717, 1.165) is 16.7 Å². The number of nitrogens with two attached hydrogens (primary N) is 2. The number of amides is 3. The van der Waals surface area contributed by atoms with Crippen LogP contribution < -0.4 is 36.1 Å². The van der Waals surface area contributed by atoms with Gasteiger partial charge >= 0.3 is 46.9 Å². The average molecular weight is 753 g/mol. The molecular weight excluding hydrogens is 716 g/mol. The fourth-order valence-electron chi connectivity index (χ4n) is 5.62. The van der Waals surface area contributed by atoms with Gasteiger partial charge in [-0.3, -0.25) is 33.8 Å². The van der Waals surface area contributed by atoms with Crippen molar-refractivity contribution >= 4 is 29.7 Å². The van der Waals surface area contributed by atoms with Gasteiger partial charge in [-0.15, -0.1) is 0 Å². The Balaban J connectivity index is 1.24. The number of ether oxygens (including phenoxy) is 4. The van der Waals surface area contributed by atoms with Crippen LogP contribution in [0.2, 0.25) is 0 Å². The van der Waals surface area contributed by atoms with Crippen LogP contribution in [0, 0.1) is 10.4 Å². The molecule has 21 nitrogen and oxygen atoms in total. The van der Waals surface area contributed by atoms with Gasteiger partial charge in [0.15, 0.2) is 0 Å². The largest absolute Gasteiger partial charge is 0.461 e. The first-order valence-electron chi connectivity index (χ1n) is 16.5. The minimum Gasteiger partial charge on any atom is -0.461 e. The molecule has 5 N–H and O–H groups in total. The van der Waals surface area contributed by atoms with Crippen LogP contribution in [-0.4, -0.2) is 89.4 Å². The van der Waals surface area contributed by atoms with Crippen LogP contribution >= 0.6 is 0 Å². The number of aromatic nitrogens is 4. The van der Waals surface area contributed by atoms with E-state index in [1.807, 2.05) is 54.6 Å². The number of carbonyl (C=O) groups is 5. The summed E-state index contributed by atoms with van der Waals surface area (Å²) in [5.41, 5.74) is 11.5. The molecule has 2 aromatic heterocycles. The number of esters is 2. The molecule has 1 aliphatic heterocycles. The Labute approximate surface area is 305 Å². The minimum atomic E-state index is -1.14. The SMILES string of the molecule is C[C@H](N[C@@H](CCc1ccccc1)C(=O)OCCOc1no[n+]([O-])c1C(N)=O)C(=O)N1Cc2ccccc2C[C@H]1C(=O)OCCOc1no[n+]([O-])c1C(N)=O. The Kier molecular flexibility index (Phi) is 12.6. The van der Waals surface area contributed by atoms with E-state index >= 15 is 0 Å². The molecule has 0 bridgehead atoms. The summed E-state index contributed by atoms with van der Waals surface area (Å²) < 4.78 is 30.0. The number of rotatable bonds is 18. The summed E-state index contributed by atoms with van der Waals surface area (Å²) in [6.45, 7) is 0.307. The molecule has 54 heavy (non-hydrogen) atoms. The van der Waals surface area contributed by atoms with Crippen molar-refractivity contribution in [2.24, 2.45) is 11.5 Å². The number of nitrogens with one attached hydrogen (secondary N) is 1. The highest BCUT2D eigenvalue weighted by molar-refractivity contribution is 5.92. The Morgan fingerprint density at radius 3 is 2.00 bits per heavy atom. The highest BCUT2D eigenvalue weighted by Crippen LogP contribution is 2.25. The monoisotopic (exact) mass is 752 g/mol. The maximum Gasteiger partial charge on any atom is 0.408 e. The number of hydrogen-bond acceptors (Lipinski definition) is 16.